The van der Waals surface area contributed by atoms with Crippen molar-refractivity contribution in [3.63, 3.8) is 0 Å². The van der Waals surface area contributed by atoms with Crippen LogP contribution in [0.3, 0.4) is 0 Å². The number of hydrogen-bond donors (Lipinski definition) is 0. The molecule has 0 radical (unpaired) electrons. The Morgan fingerprint density at radius 2 is 1.05 bits per heavy atom. The minimum absolute atomic E-state index is 0.514. The molecule has 0 saturated heterocycles. The molecule has 2 aromatic heterocycles. The molecule has 0 N–H and O–H groups in total. The Hall–Kier alpha value is -6.90. The minimum Gasteiger partial charge on any atom is -0.254 e. The van der Waals surface area contributed by atoms with Crippen molar-refractivity contribution in [2.24, 2.45) is 17.3 Å². The van der Waals surface area contributed by atoms with Gasteiger partial charge in [-0.05, 0) is 174 Å². The van der Waals surface area contributed by atoms with E-state index in [1.54, 1.807) is 11.1 Å². The van der Waals surface area contributed by atoms with Crippen molar-refractivity contribution in [2.45, 2.75) is 43.9 Å². The van der Waals surface area contributed by atoms with Gasteiger partial charge in [0.05, 0.1) is 11.0 Å². The first-order valence-corrected chi connectivity index (χ1v) is 22.7. The zero-order valence-electron chi connectivity index (χ0n) is 34.6. The van der Waals surface area contributed by atoms with Gasteiger partial charge in [-0.3, -0.25) is 9.97 Å². The number of pyridine rings is 2. The second kappa shape index (κ2) is 13.1. The molecule has 1 spiro atoms. The minimum atomic E-state index is 0.514. The zero-order chi connectivity index (χ0) is 40.5. The van der Waals surface area contributed by atoms with Crippen LogP contribution in [0.5, 0.6) is 0 Å². The molecule has 5 unspecified atom stereocenters. The van der Waals surface area contributed by atoms with Crippen LogP contribution < -0.4 is 0 Å². The summed E-state index contributed by atoms with van der Waals surface area (Å²) < 4.78 is 0. The van der Waals surface area contributed by atoms with Gasteiger partial charge in [-0.1, -0.05) is 146 Å². The van der Waals surface area contributed by atoms with Crippen LogP contribution in [0.25, 0.3) is 99.0 Å². The first-order chi connectivity index (χ1) is 30.7. The maximum absolute atomic E-state index is 4.88. The van der Waals surface area contributed by atoms with Gasteiger partial charge in [0.2, 0.25) is 0 Å². The summed E-state index contributed by atoms with van der Waals surface area (Å²) in [6.07, 6.45) is 10.8. The highest BCUT2D eigenvalue weighted by atomic mass is 14.7. The summed E-state index contributed by atoms with van der Waals surface area (Å²) >= 11 is 0. The van der Waals surface area contributed by atoms with Crippen LogP contribution in [0.2, 0.25) is 0 Å². The lowest BCUT2D eigenvalue weighted by Crippen LogP contribution is -2.46. The molecular weight excluding hydrogens is 749 g/mol. The van der Waals surface area contributed by atoms with Crippen molar-refractivity contribution in [3.8, 4) is 55.6 Å². The molecule has 14 rings (SSSR count). The highest BCUT2D eigenvalue weighted by Crippen LogP contribution is 2.75. The third-order valence-corrected chi connectivity index (χ3v) is 16.0. The van der Waals surface area contributed by atoms with Crippen LogP contribution in [0.1, 0.15) is 55.1 Å². The van der Waals surface area contributed by atoms with Gasteiger partial charge in [0.25, 0.3) is 0 Å². The number of rotatable bonds is 4. The maximum atomic E-state index is 4.88. The van der Waals surface area contributed by atoms with Crippen molar-refractivity contribution < 1.29 is 0 Å². The normalized spacial score (nSPS) is 21.9. The van der Waals surface area contributed by atoms with Crippen LogP contribution in [-0.2, 0) is 0 Å². The van der Waals surface area contributed by atoms with Gasteiger partial charge >= 0.3 is 0 Å². The lowest BCUT2D eigenvalue weighted by atomic mass is 9.47. The smallest absolute Gasteiger partial charge is 0.0970 e. The molecule has 4 aliphatic carbocycles. The van der Waals surface area contributed by atoms with E-state index in [0.717, 1.165) is 33.6 Å². The molecule has 2 heterocycles. The number of benzene rings is 8. The van der Waals surface area contributed by atoms with Crippen molar-refractivity contribution in [1.29, 1.82) is 0 Å². The van der Waals surface area contributed by atoms with E-state index in [4.69, 9.17) is 9.97 Å². The highest BCUT2D eigenvalue weighted by Gasteiger charge is 2.63. The molecule has 2 nitrogen and oxygen atoms in total. The van der Waals surface area contributed by atoms with E-state index in [0.29, 0.717) is 17.3 Å². The predicted octanol–water partition coefficient (Wildman–Crippen LogP) is 15.8. The Balaban J connectivity index is 0.898. The summed E-state index contributed by atoms with van der Waals surface area (Å²) in [6, 6.07) is 64.0. The number of aromatic nitrogens is 2. The average Bonchev–Trinajstić information content (AvgIpc) is 3.52. The van der Waals surface area contributed by atoms with E-state index in [9.17, 15) is 0 Å². The van der Waals surface area contributed by atoms with E-state index in [2.05, 4.69) is 158 Å². The van der Waals surface area contributed by atoms with Crippen LogP contribution in [0.4, 0.5) is 0 Å². The maximum Gasteiger partial charge on any atom is 0.0970 e. The second-order valence-corrected chi connectivity index (χ2v) is 18.9. The van der Waals surface area contributed by atoms with Gasteiger partial charge in [0.1, 0.15) is 0 Å². The predicted molar refractivity (Wildman–Crippen MR) is 257 cm³/mol. The van der Waals surface area contributed by atoms with Crippen LogP contribution in [-0.4, -0.2) is 9.97 Å². The zero-order valence-corrected chi connectivity index (χ0v) is 34.6. The fraction of sp³-hybridized carbons (Fsp3) is 0.167. The van der Waals surface area contributed by atoms with Gasteiger partial charge in [0.15, 0.2) is 0 Å². The molecule has 3 bridgehead atoms. The SMILES string of the molecule is c1cc(-c2ccc(-c3cccc4c3-c3ccccc3C3CC5CC6CC4C6(C5)C3)cc2)cc(-c2c3ccccc3c(-c3cc4cccnc4c4ncccc34)c3ccccc23)c1. The Labute approximate surface area is 362 Å². The third-order valence-electron chi connectivity index (χ3n) is 16.0. The molecule has 8 aromatic carbocycles. The Morgan fingerprint density at radius 3 is 1.87 bits per heavy atom. The molecule has 10 aromatic rings. The molecule has 62 heavy (non-hydrogen) atoms. The largest absolute Gasteiger partial charge is 0.254 e. The van der Waals surface area contributed by atoms with E-state index in [1.165, 1.54) is 109 Å². The summed E-state index contributed by atoms with van der Waals surface area (Å²) in [5, 5.41) is 7.16. The monoisotopic (exact) mass is 792 g/mol. The molecule has 2 heteroatoms. The third kappa shape index (κ3) is 4.87. The fourth-order valence-electron chi connectivity index (χ4n) is 13.6. The lowest BCUT2D eigenvalue weighted by Gasteiger charge is -2.57. The highest BCUT2D eigenvalue weighted by molar-refractivity contribution is 6.25. The standard InChI is InChI=1S/C60H44N2/c1-2-15-46-44(14-1)42-29-36-30-43-33-54(60(43,34-36)35-42)52-21-8-20-45(56(46)52)38-25-23-37(24-26-38)39-11-7-12-40(31-39)55-47-16-3-5-18-49(47)57(50-19-6-4-17-48(50)55)53-32-41-13-9-27-61-58(41)59-51(53)22-10-28-62-59/h1-28,31-32,36,42-43,54H,29-30,33-35H2. The molecule has 0 aliphatic heterocycles. The van der Waals surface area contributed by atoms with Crippen LogP contribution >= 0.6 is 0 Å². The second-order valence-electron chi connectivity index (χ2n) is 18.9. The summed E-state index contributed by atoms with van der Waals surface area (Å²) in [7, 11) is 0. The van der Waals surface area contributed by atoms with Gasteiger partial charge in [0, 0.05) is 23.2 Å². The Bertz CT molecular complexity index is 3430. The van der Waals surface area contributed by atoms with E-state index in [1.807, 2.05) is 24.5 Å². The molecule has 4 aliphatic rings. The number of nitrogens with zero attached hydrogens (tertiary/aromatic N) is 2. The van der Waals surface area contributed by atoms with Gasteiger partial charge < -0.3 is 0 Å². The summed E-state index contributed by atoms with van der Waals surface area (Å²) in [5.74, 6) is 3.21. The molecule has 0 amide bonds. The summed E-state index contributed by atoms with van der Waals surface area (Å²) in [4.78, 5) is 9.64. The molecular formula is C60H44N2. The van der Waals surface area contributed by atoms with Crippen molar-refractivity contribution in [1.82, 2.24) is 9.97 Å². The Kier molecular flexibility index (Phi) is 7.32. The first kappa shape index (κ1) is 34.8. The van der Waals surface area contributed by atoms with Gasteiger partial charge in [-0.25, -0.2) is 0 Å². The van der Waals surface area contributed by atoms with Crippen LogP contribution in [0, 0.1) is 17.3 Å². The molecule has 3 fully saturated rings. The first-order valence-electron chi connectivity index (χ1n) is 22.7. The molecule has 294 valence electrons. The lowest BCUT2D eigenvalue weighted by molar-refractivity contribution is -0.000389. The van der Waals surface area contributed by atoms with Crippen LogP contribution in [0.15, 0.2) is 182 Å². The van der Waals surface area contributed by atoms with Crippen molar-refractivity contribution >= 4 is 43.4 Å². The summed E-state index contributed by atoms with van der Waals surface area (Å²) in [5.41, 5.74) is 18.6. The molecule has 5 atom stereocenters. The van der Waals surface area contributed by atoms with Crippen molar-refractivity contribution in [2.75, 3.05) is 0 Å². The van der Waals surface area contributed by atoms with E-state index < -0.39 is 0 Å². The van der Waals surface area contributed by atoms with E-state index >= 15 is 0 Å². The van der Waals surface area contributed by atoms with E-state index in [-0.39, 0.29) is 0 Å². The quantitative estimate of drug-likeness (QED) is 0.131. The number of fused-ring (bicyclic) bond motifs is 12. The fourth-order valence-corrected chi connectivity index (χ4v) is 13.6. The van der Waals surface area contributed by atoms with Crippen molar-refractivity contribution in [3.05, 3.63) is 193 Å². The number of hydrogen-bond acceptors (Lipinski definition) is 2. The molecule has 3 saturated carbocycles. The topological polar surface area (TPSA) is 25.8 Å². The van der Waals surface area contributed by atoms with Gasteiger partial charge in [-0.2, -0.15) is 0 Å². The summed E-state index contributed by atoms with van der Waals surface area (Å²) in [6.45, 7) is 0. The average molecular weight is 793 g/mol. The van der Waals surface area contributed by atoms with Gasteiger partial charge in [-0.15, -0.1) is 0 Å². The Morgan fingerprint density at radius 1 is 0.403 bits per heavy atom.